The summed E-state index contributed by atoms with van der Waals surface area (Å²) >= 11 is 0. The average Bonchev–Trinajstić information content (AvgIpc) is 3.57. The first-order valence-electron chi connectivity index (χ1n) is 15.7. The first-order chi connectivity index (χ1) is 21.4. The number of amides is 1. The number of rotatable bonds is 6. The number of alkyl halides is 3. The van der Waals surface area contributed by atoms with Crippen molar-refractivity contribution in [1.29, 1.82) is 0 Å². The number of aryl methyl sites for hydroxylation is 1. The van der Waals surface area contributed by atoms with Crippen molar-refractivity contribution in [2.45, 2.75) is 82.1 Å². The predicted octanol–water partition coefficient (Wildman–Crippen LogP) is 6.09. The van der Waals surface area contributed by atoms with Crippen molar-refractivity contribution in [3.63, 3.8) is 0 Å². The number of carbonyl (C=O) groups excluding carboxylic acids is 2. The molecule has 2 heterocycles. The van der Waals surface area contributed by atoms with Crippen molar-refractivity contribution >= 4 is 30.6 Å². The van der Waals surface area contributed by atoms with Crippen LogP contribution in [0.4, 0.5) is 13.2 Å². The largest absolute Gasteiger partial charge is 0.534 e. The standard InChI is InChI=1S/C35H39F3N2O4Si/c1-33(2,3)45(27-13-6-4-7-14-27,28-15-8-5-9-16-28)44-26-19-18-25-12-10-17-30(29(25)24-26)39-23-21-34(31(39)41)20-11-22-40(34)43-32(42)35(36,37)38/h4-9,13-16,18-19,24,30H,10-12,17,20-23H2,1-3H3/t30?,34-/m1/s1. The molecule has 238 valence electrons. The molecular formula is C35H39F3N2O4Si. The maximum Gasteiger partial charge on any atom is 0.492 e. The van der Waals surface area contributed by atoms with Gasteiger partial charge in [-0.2, -0.15) is 13.2 Å². The van der Waals surface area contributed by atoms with E-state index in [1.807, 2.05) is 42.5 Å². The molecule has 1 aliphatic carbocycles. The molecule has 2 aliphatic heterocycles. The molecule has 3 aliphatic rings. The van der Waals surface area contributed by atoms with Crippen LogP contribution in [0, 0.1) is 0 Å². The molecule has 2 fully saturated rings. The van der Waals surface area contributed by atoms with Crippen LogP contribution in [0.1, 0.15) is 70.0 Å². The van der Waals surface area contributed by atoms with E-state index >= 15 is 0 Å². The minimum Gasteiger partial charge on any atom is -0.534 e. The third kappa shape index (κ3) is 5.46. The molecule has 1 unspecified atom stereocenters. The summed E-state index contributed by atoms with van der Waals surface area (Å²) in [7, 11) is -2.90. The van der Waals surface area contributed by atoms with Gasteiger partial charge in [-0.3, -0.25) is 4.79 Å². The Morgan fingerprint density at radius 3 is 2.13 bits per heavy atom. The highest BCUT2D eigenvalue weighted by molar-refractivity contribution is 7.00. The second-order valence-corrected chi connectivity index (χ2v) is 17.6. The second kappa shape index (κ2) is 11.6. The highest BCUT2D eigenvalue weighted by atomic mass is 28.4. The summed E-state index contributed by atoms with van der Waals surface area (Å²) in [4.78, 5) is 32.4. The molecule has 0 N–H and O–H groups in total. The summed E-state index contributed by atoms with van der Waals surface area (Å²) in [6.07, 6.45) is -1.51. The number of fused-ring (bicyclic) bond motifs is 1. The second-order valence-electron chi connectivity index (χ2n) is 13.4. The number of nitrogens with zero attached hydrogens (tertiary/aromatic N) is 2. The molecule has 2 saturated heterocycles. The minimum atomic E-state index is -5.13. The van der Waals surface area contributed by atoms with Crippen LogP contribution >= 0.6 is 0 Å². The number of hydrogen-bond acceptors (Lipinski definition) is 5. The van der Waals surface area contributed by atoms with Gasteiger partial charge >= 0.3 is 20.5 Å². The van der Waals surface area contributed by atoms with Crippen molar-refractivity contribution in [1.82, 2.24) is 9.96 Å². The lowest BCUT2D eigenvalue weighted by Crippen LogP contribution is -2.68. The third-order valence-corrected chi connectivity index (χ3v) is 14.7. The number of hydrogen-bond donors (Lipinski definition) is 0. The molecule has 0 aromatic heterocycles. The highest BCUT2D eigenvalue weighted by Crippen LogP contribution is 2.46. The van der Waals surface area contributed by atoms with E-state index in [9.17, 15) is 22.8 Å². The maximum atomic E-state index is 14.1. The monoisotopic (exact) mass is 636 g/mol. The summed E-state index contributed by atoms with van der Waals surface area (Å²) in [6, 6.07) is 26.7. The lowest BCUT2D eigenvalue weighted by Gasteiger charge is -2.43. The van der Waals surface area contributed by atoms with Crippen LogP contribution < -0.4 is 14.8 Å². The van der Waals surface area contributed by atoms with E-state index in [4.69, 9.17) is 9.26 Å². The van der Waals surface area contributed by atoms with Gasteiger partial charge in [-0.15, -0.1) is 5.06 Å². The van der Waals surface area contributed by atoms with Gasteiger partial charge in [0.05, 0.1) is 6.04 Å². The van der Waals surface area contributed by atoms with Crippen LogP contribution in [-0.4, -0.2) is 55.0 Å². The van der Waals surface area contributed by atoms with E-state index in [1.165, 1.54) is 0 Å². The molecule has 3 aromatic rings. The number of likely N-dealkylation sites (tertiary alicyclic amines) is 1. The van der Waals surface area contributed by atoms with E-state index in [-0.39, 0.29) is 23.5 Å². The topological polar surface area (TPSA) is 59.1 Å². The van der Waals surface area contributed by atoms with Gasteiger partial charge in [0.25, 0.3) is 0 Å². The van der Waals surface area contributed by atoms with Crippen molar-refractivity contribution in [2.24, 2.45) is 0 Å². The third-order valence-electron chi connectivity index (χ3n) is 9.74. The van der Waals surface area contributed by atoms with E-state index in [2.05, 4.69) is 57.2 Å². The van der Waals surface area contributed by atoms with Crippen LogP contribution in [0.25, 0.3) is 0 Å². The van der Waals surface area contributed by atoms with Gasteiger partial charge in [0, 0.05) is 13.1 Å². The van der Waals surface area contributed by atoms with Crippen LogP contribution in [0.15, 0.2) is 78.9 Å². The van der Waals surface area contributed by atoms with Gasteiger partial charge in [-0.1, -0.05) is 87.5 Å². The number of carbonyl (C=O) groups is 2. The average molecular weight is 637 g/mol. The maximum absolute atomic E-state index is 14.1. The molecule has 1 amide bonds. The lowest BCUT2D eigenvalue weighted by molar-refractivity contribution is -0.249. The zero-order valence-electron chi connectivity index (χ0n) is 25.9. The first kappa shape index (κ1) is 31.4. The van der Waals surface area contributed by atoms with Crippen LogP contribution in [-0.2, 0) is 20.8 Å². The van der Waals surface area contributed by atoms with Gasteiger partial charge in [-0.05, 0) is 77.2 Å². The van der Waals surface area contributed by atoms with E-state index in [0.717, 1.165) is 51.6 Å². The molecule has 10 heteroatoms. The van der Waals surface area contributed by atoms with Crippen molar-refractivity contribution in [3.8, 4) is 5.75 Å². The Bertz CT molecular complexity index is 1520. The Balaban J connectivity index is 1.35. The molecule has 3 aromatic carbocycles. The molecular weight excluding hydrogens is 597 g/mol. The normalized spacial score (nSPS) is 22.5. The predicted molar refractivity (Wildman–Crippen MR) is 168 cm³/mol. The summed E-state index contributed by atoms with van der Waals surface area (Å²) in [5.74, 6) is -1.83. The molecule has 45 heavy (non-hydrogen) atoms. The smallest absolute Gasteiger partial charge is 0.492 e. The van der Waals surface area contributed by atoms with Gasteiger partial charge < -0.3 is 14.2 Å². The van der Waals surface area contributed by atoms with Crippen molar-refractivity contribution < 1.29 is 32.0 Å². The van der Waals surface area contributed by atoms with Crippen LogP contribution in [0.2, 0.25) is 5.04 Å². The van der Waals surface area contributed by atoms with Gasteiger partial charge in [0.1, 0.15) is 11.3 Å². The Morgan fingerprint density at radius 2 is 1.53 bits per heavy atom. The summed E-state index contributed by atoms with van der Waals surface area (Å²) in [6.45, 7) is 7.15. The van der Waals surface area contributed by atoms with E-state index in [1.54, 1.807) is 4.90 Å². The van der Waals surface area contributed by atoms with E-state index in [0.29, 0.717) is 25.8 Å². The zero-order valence-corrected chi connectivity index (χ0v) is 26.9. The Hall–Kier alpha value is -3.63. The molecule has 0 radical (unpaired) electrons. The number of halogens is 3. The fraction of sp³-hybridized carbons (Fsp3) is 0.429. The van der Waals surface area contributed by atoms with E-state index < -0.39 is 26.0 Å². The molecule has 1 spiro atoms. The lowest BCUT2D eigenvalue weighted by atomic mass is 9.86. The van der Waals surface area contributed by atoms with Crippen molar-refractivity contribution in [2.75, 3.05) is 13.1 Å². The minimum absolute atomic E-state index is 0.0964. The van der Waals surface area contributed by atoms with Crippen molar-refractivity contribution in [3.05, 3.63) is 90.0 Å². The van der Waals surface area contributed by atoms with Gasteiger partial charge in [0.15, 0.2) is 0 Å². The van der Waals surface area contributed by atoms with Gasteiger partial charge in [-0.25, -0.2) is 4.79 Å². The molecule has 2 atom stereocenters. The van der Waals surface area contributed by atoms with Gasteiger partial charge in [0.2, 0.25) is 5.91 Å². The fourth-order valence-electron chi connectivity index (χ4n) is 7.65. The molecule has 6 rings (SSSR count). The molecule has 6 nitrogen and oxygen atoms in total. The Morgan fingerprint density at radius 1 is 0.889 bits per heavy atom. The number of benzene rings is 3. The Labute approximate surface area is 263 Å². The first-order valence-corrected chi connectivity index (χ1v) is 17.6. The van der Waals surface area contributed by atoms with Crippen LogP contribution in [0.3, 0.4) is 0 Å². The Kier molecular flexibility index (Phi) is 8.10. The van der Waals surface area contributed by atoms with Crippen LogP contribution in [0.5, 0.6) is 5.75 Å². The highest BCUT2D eigenvalue weighted by Gasteiger charge is 2.58. The summed E-state index contributed by atoms with van der Waals surface area (Å²) in [5, 5.41) is 3.08. The fourth-order valence-corrected chi connectivity index (χ4v) is 12.1. The number of hydroxylamine groups is 2. The molecule has 0 saturated carbocycles. The SMILES string of the molecule is CC(C)(C)[Si](Oc1ccc2c(c1)C(N1CC[C@]3(CCCN3OC(=O)C(F)(F)F)C1=O)CCC2)(c1ccccc1)c1ccccc1. The summed E-state index contributed by atoms with van der Waals surface area (Å²) < 4.78 is 46.4. The zero-order chi connectivity index (χ0) is 32.0. The molecule has 0 bridgehead atoms. The quantitative estimate of drug-likeness (QED) is 0.307. The summed E-state index contributed by atoms with van der Waals surface area (Å²) in [5.41, 5.74) is 0.891.